The molecular weight excluding hydrogens is 274 g/mol. The molecule has 0 spiro atoms. The first-order valence-corrected chi connectivity index (χ1v) is 7.53. The summed E-state index contributed by atoms with van der Waals surface area (Å²) in [7, 11) is 0. The van der Waals surface area contributed by atoms with Gasteiger partial charge in [0.25, 0.3) is 11.7 Å². The number of ketones is 1. The van der Waals surface area contributed by atoms with Gasteiger partial charge in [-0.1, -0.05) is 13.0 Å². The van der Waals surface area contributed by atoms with E-state index in [1.807, 2.05) is 19.9 Å². The summed E-state index contributed by atoms with van der Waals surface area (Å²) in [5, 5.41) is 0. The number of rotatable bonds is 5. The van der Waals surface area contributed by atoms with E-state index in [2.05, 4.69) is 6.92 Å². The number of nitrogens with zero attached hydrogens (tertiary/aromatic N) is 1. The molecule has 1 atom stereocenters. The average Bonchev–Trinajstić information content (AvgIpc) is 2.65. The molecule has 1 aromatic rings. The van der Waals surface area contributed by atoms with Crippen molar-refractivity contribution in [2.45, 2.75) is 33.6 Å². The SMILES string of the molecule is Cc1ccc2c(c1C)N(CCC(C)CCCl)C(=O)C2=O. The number of halogens is 1. The number of aryl methyl sites for hydroxylation is 1. The van der Waals surface area contributed by atoms with Crippen LogP contribution >= 0.6 is 11.6 Å². The second kappa shape index (κ2) is 5.96. The van der Waals surface area contributed by atoms with Crippen LogP contribution < -0.4 is 4.90 Å². The number of benzene rings is 1. The zero-order chi connectivity index (χ0) is 14.9. The third kappa shape index (κ3) is 2.59. The smallest absolute Gasteiger partial charge is 0.299 e. The van der Waals surface area contributed by atoms with Gasteiger partial charge in [0, 0.05) is 12.4 Å². The standard InChI is InChI=1S/C16H20ClNO2/c1-10(6-8-17)7-9-18-14-12(3)11(2)4-5-13(14)15(19)16(18)20/h4-5,10H,6-9H2,1-3H3. The molecule has 0 radical (unpaired) electrons. The third-order valence-corrected chi connectivity index (χ3v) is 4.32. The average molecular weight is 294 g/mol. The van der Waals surface area contributed by atoms with Crippen molar-refractivity contribution in [2.75, 3.05) is 17.3 Å². The summed E-state index contributed by atoms with van der Waals surface area (Å²) in [4.78, 5) is 25.8. The summed E-state index contributed by atoms with van der Waals surface area (Å²) in [5.74, 6) is 0.299. The fraction of sp³-hybridized carbons (Fsp3) is 0.500. The van der Waals surface area contributed by atoms with E-state index in [0.29, 0.717) is 23.9 Å². The zero-order valence-corrected chi connectivity index (χ0v) is 13.0. The van der Waals surface area contributed by atoms with Gasteiger partial charge in [-0.05, 0) is 49.8 Å². The lowest BCUT2D eigenvalue weighted by Gasteiger charge is -2.21. The minimum absolute atomic E-state index is 0.381. The van der Waals surface area contributed by atoms with Crippen LogP contribution in [0.5, 0.6) is 0 Å². The van der Waals surface area contributed by atoms with Crippen molar-refractivity contribution in [3.05, 3.63) is 28.8 Å². The van der Waals surface area contributed by atoms with Gasteiger partial charge >= 0.3 is 0 Å². The summed E-state index contributed by atoms with van der Waals surface area (Å²) in [6.07, 6.45) is 1.79. The molecule has 1 aliphatic rings. The van der Waals surface area contributed by atoms with Gasteiger partial charge in [0.2, 0.25) is 0 Å². The molecule has 1 aromatic carbocycles. The Balaban J connectivity index is 2.26. The quantitative estimate of drug-likeness (QED) is 0.615. The van der Waals surface area contributed by atoms with Gasteiger partial charge in [-0.3, -0.25) is 9.59 Å². The summed E-state index contributed by atoms with van der Waals surface area (Å²) in [6.45, 7) is 6.67. The Bertz CT molecular complexity index is 554. The van der Waals surface area contributed by atoms with Crippen LogP contribution in [-0.2, 0) is 4.79 Å². The number of carbonyl (C=O) groups excluding carboxylic acids is 2. The van der Waals surface area contributed by atoms with E-state index in [4.69, 9.17) is 11.6 Å². The highest BCUT2D eigenvalue weighted by Crippen LogP contribution is 2.34. The van der Waals surface area contributed by atoms with E-state index in [0.717, 1.165) is 29.7 Å². The van der Waals surface area contributed by atoms with E-state index < -0.39 is 5.91 Å². The number of anilines is 1. The van der Waals surface area contributed by atoms with Crippen molar-refractivity contribution >= 4 is 29.0 Å². The van der Waals surface area contributed by atoms with Crippen LogP contribution in [0.1, 0.15) is 41.3 Å². The Kier molecular flexibility index (Phi) is 4.48. The van der Waals surface area contributed by atoms with E-state index in [9.17, 15) is 9.59 Å². The van der Waals surface area contributed by atoms with Gasteiger partial charge in [-0.2, -0.15) is 0 Å². The zero-order valence-electron chi connectivity index (χ0n) is 12.2. The molecule has 108 valence electrons. The number of carbonyl (C=O) groups is 2. The molecular formula is C16H20ClNO2. The van der Waals surface area contributed by atoms with Gasteiger partial charge in [-0.25, -0.2) is 0 Å². The molecule has 1 aliphatic heterocycles. The predicted octanol–water partition coefficient (Wildman–Crippen LogP) is 3.49. The van der Waals surface area contributed by atoms with Crippen LogP contribution in [0.3, 0.4) is 0 Å². The molecule has 1 amide bonds. The van der Waals surface area contributed by atoms with Crippen LogP contribution in [-0.4, -0.2) is 24.1 Å². The van der Waals surface area contributed by atoms with Crippen LogP contribution in [0.2, 0.25) is 0 Å². The molecule has 3 nitrogen and oxygen atoms in total. The fourth-order valence-electron chi connectivity index (χ4n) is 2.56. The van der Waals surface area contributed by atoms with Crippen LogP contribution in [0.15, 0.2) is 12.1 Å². The Hall–Kier alpha value is -1.35. The monoisotopic (exact) mass is 293 g/mol. The number of Topliss-reactive ketones (excluding diaryl/α,β-unsaturated/α-hetero) is 1. The summed E-state index contributed by atoms with van der Waals surface area (Å²) >= 11 is 5.74. The van der Waals surface area contributed by atoms with Crippen molar-refractivity contribution in [2.24, 2.45) is 5.92 Å². The maximum atomic E-state index is 12.1. The van der Waals surface area contributed by atoms with Gasteiger partial charge < -0.3 is 4.90 Å². The van der Waals surface area contributed by atoms with Crippen molar-refractivity contribution in [3.8, 4) is 0 Å². The molecule has 0 aromatic heterocycles. The maximum Gasteiger partial charge on any atom is 0.299 e. The van der Waals surface area contributed by atoms with Crippen molar-refractivity contribution in [1.29, 1.82) is 0 Å². The van der Waals surface area contributed by atoms with Gasteiger partial charge in [-0.15, -0.1) is 11.6 Å². The van der Waals surface area contributed by atoms with Crippen LogP contribution in [0, 0.1) is 19.8 Å². The van der Waals surface area contributed by atoms with Crippen molar-refractivity contribution in [3.63, 3.8) is 0 Å². The predicted molar refractivity (Wildman–Crippen MR) is 81.7 cm³/mol. The van der Waals surface area contributed by atoms with Gasteiger partial charge in [0.15, 0.2) is 0 Å². The molecule has 4 heteroatoms. The lowest BCUT2D eigenvalue weighted by atomic mass is 10.0. The lowest BCUT2D eigenvalue weighted by molar-refractivity contribution is -0.114. The Morgan fingerprint density at radius 1 is 1.20 bits per heavy atom. The second-order valence-corrected chi connectivity index (χ2v) is 5.94. The molecule has 0 aliphatic carbocycles. The van der Waals surface area contributed by atoms with Crippen molar-refractivity contribution in [1.82, 2.24) is 0 Å². The van der Waals surface area contributed by atoms with E-state index >= 15 is 0 Å². The highest BCUT2D eigenvalue weighted by Gasteiger charge is 2.36. The van der Waals surface area contributed by atoms with Crippen LogP contribution in [0.25, 0.3) is 0 Å². The molecule has 0 saturated heterocycles. The normalized spacial score (nSPS) is 15.7. The first-order chi connectivity index (χ1) is 9.47. The van der Waals surface area contributed by atoms with E-state index in [1.165, 1.54) is 0 Å². The highest BCUT2D eigenvalue weighted by atomic mass is 35.5. The fourth-order valence-corrected chi connectivity index (χ4v) is 2.94. The van der Waals surface area contributed by atoms with E-state index in [-0.39, 0.29) is 5.78 Å². The maximum absolute atomic E-state index is 12.1. The van der Waals surface area contributed by atoms with Gasteiger partial charge in [0.05, 0.1) is 11.3 Å². The molecule has 1 unspecified atom stereocenters. The third-order valence-electron chi connectivity index (χ3n) is 4.10. The number of hydrogen-bond acceptors (Lipinski definition) is 2. The van der Waals surface area contributed by atoms with E-state index in [1.54, 1.807) is 11.0 Å². The lowest BCUT2D eigenvalue weighted by Crippen LogP contribution is -2.32. The number of fused-ring (bicyclic) bond motifs is 1. The summed E-state index contributed by atoms with van der Waals surface area (Å²) in [5.41, 5.74) is 3.47. The Morgan fingerprint density at radius 2 is 1.90 bits per heavy atom. The second-order valence-electron chi connectivity index (χ2n) is 5.56. The first-order valence-electron chi connectivity index (χ1n) is 6.99. The topological polar surface area (TPSA) is 37.4 Å². The Morgan fingerprint density at radius 3 is 2.55 bits per heavy atom. The Labute approximate surface area is 124 Å². The summed E-state index contributed by atoms with van der Waals surface area (Å²) in [6, 6.07) is 3.67. The van der Waals surface area contributed by atoms with Crippen LogP contribution in [0.4, 0.5) is 5.69 Å². The first kappa shape index (κ1) is 15.0. The number of hydrogen-bond donors (Lipinski definition) is 0. The molecule has 1 heterocycles. The summed E-state index contributed by atoms with van der Waals surface area (Å²) < 4.78 is 0. The molecule has 20 heavy (non-hydrogen) atoms. The van der Waals surface area contributed by atoms with Gasteiger partial charge in [0.1, 0.15) is 0 Å². The molecule has 0 bridgehead atoms. The minimum atomic E-state index is -0.397. The number of amides is 1. The molecule has 2 rings (SSSR count). The number of alkyl halides is 1. The minimum Gasteiger partial charge on any atom is -0.304 e. The molecule has 0 fully saturated rings. The van der Waals surface area contributed by atoms with Crippen molar-refractivity contribution < 1.29 is 9.59 Å². The molecule has 0 saturated carbocycles. The largest absolute Gasteiger partial charge is 0.304 e. The highest BCUT2D eigenvalue weighted by molar-refractivity contribution is 6.52. The molecule has 0 N–H and O–H groups in total.